The molecule has 6 rings (SSSR count). The van der Waals surface area contributed by atoms with Crippen molar-refractivity contribution in [3.05, 3.63) is 122 Å². The average molecular weight is 384 g/mol. The Hall–Kier alpha value is -4.04. The largest absolute Gasteiger partial charge is 0.294 e. The minimum Gasteiger partial charge on any atom is -0.294 e. The van der Waals surface area contributed by atoms with E-state index >= 15 is 0 Å². The maximum absolute atomic E-state index is 4.55. The molecule has 0 aliphatic carbocycles. The summed E-state index contributed by atoms with van der Waals surface area (Å²) in [5.41, 5.74) is 4.58. The minimum absolute atomic E-state index is 0.934. The van der Waals surface area contributed by atoms with Crippen molar-refractivity contribution in [3.8, 4) is 0 Å². The van der Waals surface area contributed by atoms with Crippen LogP contribution in [0.25, 0.3) is 21.5 Å². The van der Waals surface area contributed by atoms with E-state index < -0.39 is 0 Å². The molecule has 0 bridgehead atoms. The maximum Gasteiger partial charge on any atom is 0.115 e. The van der Waals surface area contributed by atoms with Crippen molar-refractivity contribution in [2.24, 2.45) is 0 Å². The summed E-state index contributed by atoms with van der Waals surface area (Å²) in [5, 5.41) is 4.89. The molecule has 0 saturated heterocycles. The number of fused-ring (bicyclic) bond motifs is 3. The fraction of sp³-hybridized carbons (Fsp3) is 0. The quantitative estimate of drug-likeness (QED) is 0.307. The molecule has 0 spiro atoms. The Morgan fingerprint density at radius 3 is 1.27 bits per heavy atom. The van der Waals surface area contributed by atoms with Gasteiger partial charge in [-0.15, -0.1) is 0 Å². The summed E-state index contributed by atoms with van der Waals surface area (Å²) in [7, 11) is 0. The molecular formula is C28H20N2. The summed E-state index contributed by atoms with van der Waals surface area (Å²) in [6.45, 7) is 4.55. The van der Waals surface area contributed by atoms with E-state index in [1.165, 1.54) is 21.5 Å². The predicted molar refractivity (Wildman–Crippen MR) is 128 cm³/mol. The molecule has 30 heavy (non-hydrogen) atoms. The Kier molecular flexibility index (Phi) is 3.65. The minimum atomic E-state index is 0.934. The fourth-order valence-electron chi connectivity index (χ4n) is 4.56. The predicted octanol–water partition coefficient (Wildman–Crippen LogP) is 7.75. The van der Waals surface area contributed by atoms with Crippen LogP contribution in [0.5, 0.6) is 0 Å². The SMILES string of the molecule is C=C1N(c2cccc3ccccc23)c2ccccc2N1c1cccc2ccccc12. The molecule has 1 aliphatic heterocycles. The van der Waals surface area contributed by atoms with Gasteiger partial charge >= 0.3 is 0 Å². The summed E-state index contributed by atoms with van der Waals surface area (Å²) in [4.78, 5) is 4.55. The van der Waals surface area contributed by atoms with Crippen molar-refractivity contribution in [1.82, 2.24) is 0 Å². The Labute approximate surface area is 175 Å². The summed E-state index contributed by atoms with van der Waals surface area (Å²) in [5.74, 6) is 0.934. The van der Waals surface area contributed by atoms with Crippen molar-refractivity contribution in [3.63, 3.8) is 0 Å². The lowest BCUT2D eigenvalue weighted by molar-refractivity contribution is 1.15. The van der Waals surface area contributed by atoms with Gasteiger partial charge in [0.25, 0.3) is 0 Å². The van der Waals surface area contributed by atoms with Crippen LogP contribution in [0.15, 0.2) is 122 Å². The van der Waals surface area contributed by atoms with E-state index in [1.54, 1.807) is 0 Å². The van der Waals surface area contributed by atoms with Crippen LogP contribution in [0.1, 0.15) is 0 Å². The van der Waals surface area contributed by atoms with E-state index in [1.807, 2.05) is 0 Å². The van der Waals surface area contributed by atoms with Crippen LogP contribution in [0, 0.1) is 0 Å². The molecule has 1 aliphatic rings. The molecule has 5 aromatic rings. The Bertz CT molecular complexity index is 1310. The zero-order chi connectivity index (χ0) is 20.1. The number of hydrogen-bond acceptors (Lipinski definition) is 2. The average Bonchev–Trinajstić information content (AvgIpc) is 3.10. The van der Waals surface area contributed by atoms with Crippen LogP contribution in [-0.2, 0) is 0 Å². The Balaban J connectivity index is 1.61. The molecule has 0 saturated carbocycles. The summed E-state index contributed by atoms with van der Waals surface area (Å²) < 4.78 is 0. The number of rotatable bonds is 2. The number of nitrogens with zero attached hydrogens (tertiary/aromatic N) is 2. The molecule has 5 aromatic carbocycles. The first-order valence-corrected chi connectivity index (χ1v) is 10.2. The van der Waals surface area contributed by atoms with Crippen LogP contribution < -0.4 is 9.80 Å². The van der Waals surface area contributed by atoms with Gasteiger partial charge in [-0.2, -0.15) is 0 Å². The van der Waals surface area contributed by atoms with Gasteiger partial charge in [0.1, 0.15) is 5.82 Å². The Morgan fingerprint density at radius 2 is 0.767 bits per heavy atom. The number of hydrogen-bond donors (Lipinski definition) is 0. The fourth-order valence-corrected chi connectivity index (χ4v) is 4.56. The van der Waals surface area contributed by atoms with Crippen molar-refractivity contribution >= 4 is 44.3 Å². The van der Waals surface area contributed by atoms with E-state index in [4.69, 9.17) is 0 Å². The first kappa shape index (κ1) is 16.9. The van der Waals surface area contributed by atoms with Crippen LogP contribution in [0.3, 0.4) is 0 Å². The standard InChI is InChI=1S/C28H20N2/c1-20-29(25-18-8-12-21-10-2-4-14-23(21)25)27-16-6-7-17-28(27)30(20)26-19-9-13-22-11-3-5-15-24(22)26/h2-19H,1H2. The molecule has 0 fully saturated rings. The van der Waals surface area contributed by atoms with Gasteiger partial charge in [-0.1, -0.05) is 91.5 Å². The van der Waals surface area contributed by atoms with Gasteiger partial charge in [0, 0.05) is 10.8 Å². The smallest absolute Gasteiger partial charge is 0.115 e. The van der Waals surface area contributed by atoms with E-state index in [9.17, 15) is 0 Å². The van der Waals surface area contributed by atoms with Crippen LogP contribution in [-0.4, -0.2) is 0 Å². The Morgan fingerprint density at radius 1 is 0.400 bits per heavy atom. The van der Waals surface area contributed by atoms with E-state index in [0.717, 1.165) is 28.6 Å². The molecule has 0 amide bonds. The first-order valence-electron chi connectivity index (χ1n) is 10.2. The normalized spacial score (nSPS) is 13.3. The van der Waals surface area contributed by atoms with Crippen molar-refractivity contribution in [2.75, 3.05) is 9.80 Å². The van der Waals surface area contributed by atoms with Gasteiger partial charge in [0.15, 0.2) is 0 Å². The van der Waals surface area contributed by atoms with E-state index in [0.29, 0.717) is 0 Å². The van der Waals surface area contributed by atoms with Gasteiger partial charge in [-0.05, 0) is 35.0 Å². The van der Waals surface area contributed by atoms with Crippen LogP contribution in [0.2, 0.25) is 0 Å². The third-order valence-corrected chi connectivity index (χ3v) is 5.89. The molecule has 2 heteroatoms. The van der Waals surface area contributed by atoms with Gasteiger partial charge < -0.3 is 0 Å². The van der Waals surface area contributed by atoms with E-state index in [2.05, 4.69) is 126 Å². The monoisotopic (exact) mass is 384 g/mol. The lowest BCUT2D eigenvalue weighted by atomic mass is 10.1. The second-order valence-electron chi connectivity index (χ2n) is 7.57. The van der Waals surface area contributed by atoms with Gasteiger partial charge in [0.2, 0.25) is 0 Å². The van der Waals surface area contributed by atoms with E-state index in [-0.39, 0.29) is 0 Å². The summed E-state index contributed by atoms with van der Waals surface area (Å²) in [6, 6.07) is 38.5. The topological polar surface area (TPSA) is 6.48 Å². The lowest BCUT2D eigenvalue weighted by Gasteiger charge is -2.26. The zero-order valence-electron chi connectivity index (χ0n) is 16.5. The number of anilines is 4. The van der Waals surface area contributed by atoms with Crippen molar-refractivity contribution in [2.45, 2.75) is 0 Å². The van der Waals surface area contributed by atoms with Crippen molar-refractivity contribution in [1.29, 1.82) is 0 Å². The van der Waals surface area contributed by atoms with Crippen LogP contribution >= 0.6 is 0 Å². The second-order valence-corrected chi connectivity index (χ2v) is 7.57. The van der Waals surface area contributed by atoms with Crippen molar-refractivity contribution < 1.29 is 0 Å². The highest BCUT2D eigenvalue weighted by Gasteiger charge is 2.33. The highest BCUT2D eigenvalue weighted by Crippen LogP contribution is 2.51. The molecule has 0 radical (unpaired) electrons. The molecule has 0 unspecified atom stereocenters. The molecule has 2 nitrogen and oxygen atoms in total. The first-order chi connectivity index (χ1) is 14.8. The number of para-hydroxylation sites is 2. The summed E-state index contributed by atoms with van der Waals surface area (Å²) >= 11 is 0. The molecule has 0 N–H and O–H groups in total. The lowest BCUT2D eigenvalue weighted by Crippen LogP contribution is -2.20. The molecule has 142 valence electrons. The highest BCUT2D eigenvalue weighted by molar-refractivity contribution is 6.05. The van der Waals surface area contributed by atoms with Crippen LogP contribution in [0.4, 0.5) is 22.7 Å². The second kappa shape index (κ2) is 6.50. The number of benzene rings is 5. The summed E-state index contributed by atoms with van der Waals surface area (Å²) in [6.07, 6.45) is 0. The molecule has 1 heterocycles. The maximum atomic E-state index is 4.55. The highest BCUT2D eigenvalue weighted by atomic mass is 15.4. The zero-order valence-corrected chi connectivity index (χ0v) is 16.5. The third kappa shape index (κ3) is 2.37. The third-order valence-electron chi connectivity index (χ3n) is 5.89. The molecule has 0 atom stereocenters. The van der Waals surface area contributed by atoms with Gasteiger partial charge in [0.05, 0.1) is 22.7 Å². The molecule has 0 aromatic heterocycles. The molecular weight excluding hydrogens is 364 g/mol. The van der Waals surface area contributed by atoms with Gasteiger partial charge in [-0.25, -0.2) is 0 Å². The van der Waals surface area contributed by atoms with Gasteiger partial charge in [-0.3, -0.25) is 9.80 Å².